The van der Waals surface area contributed by atoms with Crippen LogP contribution in [0.15, 0.2) is 53.5 Å². The van der Waals surface area contributed by atoms with Crippen LogP contribution in [0.4, 0.5) is 0 Å². The zero-order chi connectivity index (χ0) is 21.3. The molecule has 4 rings (SSSR count). The molecule has 1 fully saturated rings. The topological polar surface area (TPSA) is 63.5 Å². The van der Waals surface area contributed by atoms with Crippen LogP contribution >= 0.6 is 22.9 Å². The molecule has 7 heteroatoms. The number of nitrogens with one attached hydrogen (secondary N) is 1. The fourth-order valence-corrected chi connectivity index (χ4v) is 4.38. The number of hydrogen-bond donors (Lipinski definition) is 1. The lowest BCUT2D eigenvalue weighted by molar-refractivity contribution is 0.0948. The second kappa shape index (κ2) is 8.58. The van der Waals surface area contributed by atoms with Crippen LogP contribution in [0.5, 0.6) is 0 Å². The molecular formula is C23H22ClN3O2S. The van der Waals surface area contributed by atoms with Gasteiger partial charge in [0.2, 0.25) is 0 Å². The standard InChI is InChI=1S/C23H22ClN3O2S/c1-14-15(2)30-23(26-22(29)19-9-5-6-10-20(19)24)27(14)13-16-7-3-4-8-18(16)21(28)25-17-11-12-17/h3-10,17H,11-13H2,1-2H3,(H,25,28). The first-order valence-electron chi connectivity index (χ1n) is 9.83. The number of benzene rings is 2. The maximum Gasteiger partial charge on any atom is 0.281 e. The maximum atomic E-state index is 12.7. The molecule has 0 spiro atoms. The summed E-state index contributed by atoms with van der Waals surface area (Å²) in [6, 6.07) is 14.8. The van der Waals surface area contributed by atoms with E-state index in [1.165, 1.54) is 11.3 Å². The number of carbonyl (C=O) groups excluding carboxylic acids is 2. The molecule has 0 radical (unpaired) electrons. The molecule has 0 saturated heterocycles. The summed E-state index contributed by atoms with van der Waals surface area (Å²) in [4.78, 5) is 31.4. The highest BCUT2D eigenvalue weighted by atomic mass is 35.5. The lowest BCUT2D eigenvalue weighted by Crippen LogP contribution is -2.27. The Morgan fingerprint density at radius 3 is 2.47 bits per heavy atom. The van der Waals surface area contributed by atoms with Gasteiger partial charge in [0, 0.05) is 22.2 Å². The highest BCUT2D eigenvalue weighted by Crippen LogP contribution is 2.21. The van der Waals surface area contributed by atoms with Gasteiger partial charge in [-0.05, 0) is 50.5 Å². The highest BCUT2D eigenvalue weighted by Gasteiger charge is 2.25. The minimum Gasteiger partial charge on any atom is -0.349 e. The predicted molar refractivity (Wildman–Crippen MR) is 119 cm³/mol. The molecule has 1 aliphatic carbocycles. The molecular weight excluding hydrogens is 418 g/mol. The van der Waals surface area contributed by atoms with E-state index in [2.05, 4.69) is 10.3 Å². The van der Waals surface area contributed by atoms with Gasteiger partial charge in [0.1, 0.15) is 0 Å². The summed E-state index contributed by atoms with van der Waals surface area (Å²) in [6.07, 6.45) is 2.08. The van der Waals surface area contributed by atoms with E-state index < -0.39 is 0 Å². The zero-order valence-electron chi connectivity index (χ0n) is 16.8. The molecule has 2 aromatic carbocycles. The van der Waals surface area contributed by atoms with Crippen molar-refractivity contribution in [3.05, 3.63) is 85.6 Å². The highest BCUT2D eigenvalue weighted by molar-refractivity contribution is 7.09. The minimum absolute atomic E-state index is 0.0519. The van der Waals surface area contributed by atoms with Crippen LogP contribution in [0.25, 0.3) is 0 Å². The number of aryl methyl sites for hydroxylation is 1. The molecule has 1 heterocycles. The smallest absolute Gasteiger partial charge is 0.281 e. The molecule has 1 N–H and O–H groups in total. The summed E-state index contributed by atoms with van der Waals surface area (Å²) in [5.74, 6) is -0.431. The number of nitrogens with zero attached hydrogens (tertiary/aromatic N) is 2. The van der Waals surface area contributed by atoms with Gasteiger partial charge in [-0.1, -0.05) is 41.9 Å². The predicted octanol–water partition coefficient (Wildman–Crippen LogP) is 4.50. The number of aromatic nitrogens is 1. The van der Waals surface area contributed by atoms with Gasteiger partial charge in [-0.3, -0.25) is 9.59 Å². The summed E-state index contributed by atoms with van der Waals surface area (Å²) < 4.78 is 1.98. The van der Waals surface area contributed by atoms with Crippen LogP contribution in [0.1, 0.15) is 49.7 Å². The van der Waals surface area contributed by atoms with E-state index in [0.29, 0.717) is 33.5 Å². The Kier molecular flexibility index (Phi) is 5.88. The normalized spacial score (nSPS) is 14.0. The molecule has 0 aliphatic heterocycles. The van der Waals surface area contributed by atoms with Gasteiger partial charge in [-0.15, -0.1) is 11.3 Å². The largest absolute Gasteiger partial charge is 0.349 e. The van der Waals surface area contributed by atoms with Crippen molar-refractivity contribution >= 4 is 34.8 Å². The van der Waals surface area contributed by atoms with E-state index in [1.54, 1.807) is 24.3 Å². The number of halogens is 1. The van der Waals surface area contributed by atoms with Crippen molar-refractivity contribution in [2.24, 2.45) is 4.99 Å². The number of rotatable bonds is 5. The summed E-state index contributed by atoms with van der Waals surface area (Å²) in [7, 11) is 0. The van der Waals surface area contributed by atoms with Crippen molar-refractivity contribution in [1.29, 1.82) is 0 Å². The third-order valence-corrected chi connectivity index (χ3v) is 6.62. The van der Waals surface area contributed by atoms with Crippen LogP contribution in [-0.2, 0) is 6.54 Å². The second-order valence-electron chi connectivity index (χ2n) is 7.41. The molecule has 1 saturated carbocycles. The van der Waals surface area contributed by atoms with Crippen LogP contribution in [0.2, 0.25) is 5.02 Å². The second-order valence-corrected chi connectivity index (χ2v) is 9.00. The Morgan fingerprint density at radius 2 is 1.77 bits per heavy atom. The van der Waals surface area contributed by atoms with Gasteiger partial charge in [0.05, 0.1) is 17.1 Å². The average Bonchev–Trinajstić information content (AvgIpc) is 3.51. The molecule has 3 aromatic rings. The molecule has 154 valence electrons. The average molecular weight is 440 g/mol. The molecule has 1 aromatic heterocycles. The minimum atomic E-state index is -0.379. The summed E-state index contributed by atoms with van der Waals surface area (Å²) in [5.41, 5.74) is 2.94. The van der Waals surface area contributed by atoms with Crippen molar-refractivity contribution < 1.29 is 9.59 Å². The fourth-order valence-electron chi connectivity index (χ4n) is 3.19. The number of amides is 2. The van der Waals surface area contributed by atoms with Crippen LogP contribution in [0, 0.1) is 13.8 Å². The molecule has 0 atom stereocenters. The molecule has 1 aliphatic rings. The molecule has 0 bridgehead atoms. The Morgan fingerprint density at radius 1 is 1.10 bits per heavy atom. The third-order valence-electron chi connectivity index (χ3n) is 5.19. The first-order valence-corrected chi connectivity index (χ1v) is 11.0. The first-order chi connectivity index (χ1) is 14.4. The van der Waals surface area contributed by atoms with E-state index in [9.17, 15) is 9.59 Å². The van der Waals surface area contributed by atoms with Gasteiger partial charge >= 0.3 is 0 Å². The van der Waals surface area contributed by atoms with Gasteiger partial charge in [-0.2, -0.15) is 4.99 Å². The Bertz CT molecular complexity index is 1190. The molecule has 30 heavy (non-hydrogen) atoms. The lowest BCUT2D eigenvalue weighted by atomic mass is 10.1. The van der Waals surface area contributed by atoms with E-state index in [4.69, 9.17) is 11.6 Å². The summed E-state index contributed by atoms with van der Waals surface area (Å²) >= 11 is 7.62. The SMILES string of the molecule is Cc1sc(=NC(=O)c2ccccc2Cl)n(Cc2ccccc2C(=O)NC2CC2)c1C. The summed E-state index contributed by atoms with van der Waals surface area (Å²) in [6.45, 7) is 4.46. The number of hydrogen-bond acceptors (Lipinski definition) is 3. The monoisotopic (exact) mass is 439 g/mol. The number of thiazole rings is 1. The molecule has 0 unspecified atom stereocenters. The summed E-state index contributed by atoms with van der Waals surface area (Å²) in [5, 5.41) is 3.43. The van der Waals surface area contributed by atoms with Gasteiger partial charge in [-0.25, -0.2) is 0 Å². The van der Waals surface area contributed by atoms with Crippen LogP contribution in [-0.4, -0.2) is 22.4 Å². The molecule has 5 nitrogen and oxygen atoms in total. The Labute approximate surface area is 184 Å². The first kappa shape index (κ1) is 20.6. The van der Waals surface area contributed by atoms with Crippen molar-refractivity contribution in [3.63, 3.8) is 0 Å². The van der Waals surface area contributed by atoms with Crippen LogP contribution in [0.3, 0.4) is 0 Å². The van der Waals surface area contributed by atoms with Gasteiger partial charge in [0.15, 0.2) is 4.80 Å². The quantitative estimate of drug-likeness (QED) is 0.636. The van der Waals surface area contributed by atoms with E-state index >= 15 is 0 Å². The van der Waals surface area contributed by atoms with Crippen LogP contribution < -0.4 is 10.1 Å². The maximum absolute atomic E-state index is 12.7. The Balaban J connectivity index is 1.71. The van der Waals surface area contributed by atoms with E-state index in [0.717, 1.165) is 29.0 Å². The van der Waals surface area contributed by atoms with Crippen molar-refractivity contribution in [2.75, 3.05) is 0 Å². The van der Waals surface area contributed by atoms with Gasteiger partial charge in [0.25, 0.3) is 11.8 Å². The molecule has 2 amide bonds. The van der Waals surface area contributed by atoms with Crippen molar-refractivity contribution in [1.82, 2.24) is 9.88 Å². The van der Waals surface area contributed by atoms with E-state index in [1.807, 2.05) is 42.7 Å². The van der Waals surface area contributed by atoms with Gasteiger partial charge < -0.3 is 9.88 Å². The van der Waals surface area contributed by atoms with Crippen molar-refractivity contribution in [3.8, 4) is 0 Å². The lowest BCUT2D eigenvalue weighted by Gasteiger charge is -2.12. The number of carbonyl (C=O) groups is 2. The van der Waals surface area contributed by atoms with Crippen molar-refractivity contribution in [2.45, 2.75) is 39.3 Å². The van der Waals surface area contributed by atoms with E-state index in [-0.39, 0.29) is 11.8 Å². The Hall–Kier alpha value is -2.70. The third kappa shape index (κ3) is 4.40. The fraction of sp³-hybridized carbons (Fsp3) is 0.261. The zero-order valence-corrected chi connectivity index (χ0v) is 18.4.